The quantitative estimate of drug-likeness (QED) is 0.550. The molecule has 130 valence electrons. The summed E-state index contributed by atoms with van der Waals surface area (Å²) in [5, 5.41) is 1.75. The Labute approximate surface area is 148 Å². The van der Waals surface area contributed by atoms with E-state index in [0.717, 1.165) is 21.8 Å². The zero-order chi connectivity index (χ0) is 18.1. The van der Waals surface area contributed by atoms with Gasteiger partial charge in [0.15, 0.2) is 0 Å². The highest BCUT2D eigenvalue weighted by Gasteiger charge is 2.18. The first-order chi connectivity index (χ1) is 12.7. The molecule has 0 saturated carbocycles. The zero-order valence-corrected chi connectivity index (χ0v) is 14.0. The van der Waals surface area contributed by atoms with Gasteiger partial charge in [0.1, 0.15) is 12.3 Å². The maximum absolute atomic E-state index is 12.4. The van der Waals surface area contributed by atoms with Crippen molar-refractivity contribution < 1.29 is 19.1 Å². The lowest BCUT2D eigenvalue weighted by Crippen LogP contribution is -2.10. The van der Waals surface area contributed by atoms with Crippen LogP contribution in [0.4, 0.5) is 0 Å². The Morgan fingerprint density at radius 1 is 1.00 bits per heavy atom. The van der Waals surface area contributed by atoms with Crippen LogP contribution in [0.25, 0.3) is 21.8 Å². The van der Waals surface area contributed by atoms with Gasteiger partial charge in [0.25, 0.3) is 0 Å². The molecule has 0 aliphatic rings. The van der Waals surface area contributed by atoms with Crippen molar-refractivity contribution in [2.75, 3.05) is 7.11 Å². The standard InChI is InChI=1S/C20H16N2O4/c1-25-19(23)14-6-7-17-13(8-9-21-17)15(14)11-26-20(24)18-10-12-4-2-3-5-16(12)22-18/h2-10,21-22H,11H2,1H3. The number of para-hydroxylation sites is 1. The molecule has 0 radical (unpaired) electrons. The first kappa shape index (κ1) is 16.0. The maximum atomic E-state index is 12.4. The second-order valence-corrected chi connectivity index (χ2v) is 5.87. The van der Waals surface area contributed by atoms with E-state index >= 15 is 0 Å². The third-order valence-corrected chi connectivity index (χ3v) is 4.35. The summed E-state index contributed by atoms with van der Waals surface area (Å²) in [5.41, 5.74) is 3.08. The summed E-state index contributed by atoms with van der Waals surface area (Å²) >= 11 is 0. The average molecular weight is 348 g/mol. The molecule has 2 N–H and O–H groups in total. The lowest BCUT2D eigenvalue weighted by molar-refractivity contribution is 0.0457. The van der Waals surface area contributed by atoms with E-state index in [-0.39, 0.29) is 6.61 Å². The van der Waals surface area contributed by atoms with Gasteiger partial charge in [-0.2, -0.15) is 0 Å². The van der Waals surface area contributed by atoms with Gasteiger partial charge >= 0.3 is 11.9 Å². The number of nitrogens with one attached hydrogen (secondary N) is 2. The Hall–Kier alpha value is -3.54. The minimum Gasteiger partial charge on any atom is -0.465 e. The first-order valence-corrected chi connectivity index (χ1v) is 8.09. The van der Waals surface area contributed by atoms with Crippen LogP contribution in [0, 0.1) is 0 Å². The van der Waals surface area contributed by atoms with E-state index in [2.05, 4.69) is 9.97 Å². The monoisotopic (exact) mass is 348 g/mol. The molecule has 2 aromatic carbocycles. The number of hydrogen-bond donors (Lipinski definition) is 2. The van der Waals surface area contributed by atoms with Crippen LogP contribution < -0.4 is 0 Å². The van der Waals surface area contributed by atoms with Crippen molar-refractivity contribution in [2.24, 2.45) is 0 Å². The number of benzene rings is 2. The smallest absolute Gasteiger partial charge is 0.355 e. The van der Waals surface area contributed by atoms with Crippen molar-refractivity contribution in [1.82, 2.24) is 9.97 Å². The predicted octanol–water partition coefficient (Wildman–Crippen LogP) is 3.79. The van der Waals surface area contributed by atoms with Crippen molar-refractivity contribution in [3.8, 4) is 0 Å². The van der Waals surface area contributed by atoms with Crippen molar-refractivity contribution in [2.45, 2.75) is 6.61 Å². The van der Waals surface area contributed by atoms with Crippen LogP contribution >= 0.6 is 0 Å². The molecule has 6 heteroatoms. The van der Waals surface area contributed by atoms with Crippen molar-refractivity contribution >= 4 is 33.7 Å². The van der Waals surface area contributed by atoms with E-state index in [1.165, 1.54) is 7.11 Å². The number of rotatable bonds is 4. The van der Waals surface area contributed by atoms with Crippen LogP contribution in [0.15, 0.2) is 54.7 Å². The van der Waals surface area contributed by atoms with Gasteiger partial charge < -0.3 is 19.4 Å². The predicted molar refractivity (Wildman–Crippen MR) is 97.1 cm³/mol. The van der Waals surface area contributed by atoms with Gasteiger partial charge in [-0.25, -0.2) is 9.59 Å². The van der Waals surface area contributed by atoms with Crippen molar-refractivity contribution in [3.63, 3.8) is 0 Å². The molecule has 2 heterocycles. The molecule has 0 saturated heterocycles. The third kappa shape index (κ3) is 2.71. The minimum atomic E-state index is -0.482. The van der Waals surface area contributed by atoms with E-state index in [0.29, 0.717) is 16.8 Å². The Kier molecular flexibility index (Phi) is 3.93. The van der Waals surface area contributed by atoms with Crippen LogP contribution in [0.5, 0.6) is 0 Å². The zero-order valence-electron chi connectivity index (χ0n) is 14.0. The molecule has 0 unspecified atom stereocenters. The minimum absolute atomic E-state index is 0.0339. The number of fused-ring (bicyclic) bond motifs is 2. The Bertz CT molecular complexity index is 1090. The van der Waals surface area contributed by atoms with Gasteiger partial charge in [-0.1, -0.05) is 18.2 Å². The van der Waals surface area contributed by atoms with E-state index < -0.39 is 11.9 Å². The molecule has 4 rings (SSSR count). The second kappa shape index (κ2) is 6.40. The number of ether oxygens (including phenoxy) is 2. The number of hydrogen-bond acceptors (Lipinski definition) is 4. The molecule has 0 amide bonds. The number of aromatic nitrogens is 2. The normalized spacial score (nSPS) is 11.0. The number of H-pyrrole nitrogens is 2. The molecule has 0 atom stereocenters. The van der Waals surface area contributed by atoms with Gasteiger partial charge in [0, 0.05) is 33.6 Å². The highest BCUT2D eigenvalue weighted by molar-refractivity contribution is 5.98. The molecular formula is C20H16N2O4. The molecule has 2 aromatic heterocycles. The van der Waals surface area contributed by atoms with Gasteiger partial charge in [-0.05, 0) is 30.3 Å². The fourth-order valence-corrected chi connectivity index (χ4v) is 3.05. The fourth-order valence-electron chi connectivity index (χ4n) is 3.05. The number of aromatic amines is 2. The van der Waals surface area contributed by atoms with Crippen molar-refractivity contribution in [3.05, 3.63) is 71.5 Å². The second-order valence-electron chi connectivity index (χ2n) is 5.87. The summed E-state index contributed by atoms with van der Waals surface area (Å²) in [4.78, 5) is 30.6. The maximum Gasteiger partial charge on any atom is 0.355 e. The Balaban J connectivity index is 1.63. The summed E-state index contributed by atoms with van der Waals surface area (Å²) in [5.74, 6) is -0.950. The highest BCUT2D eigenvalue weighted by atomic mass is 16.5. The van der Waals surface area contributed by atoms with Crippen LogP contribution in [-0.2, 0) is 16.1 Å². The molecule has 0 aliphatic heterocycles. The summed E-state index contributed by atoms with van der Waals surface area (Å²) in [6.07, 6.45) is 1.77. The molecule has 0 fully saturated rings. The number of carbonyl (C=O) groups is 2. The van der Waals surface area contributed by atoms with E-state index in [1.54, 1.807) is 24.4 Å². The Morgan fingerprint density at radius 2 is 1.85 bits per heavy atom. The summed E-state index contributed by atoms with van der Waals surface area (Å²) in [7, 11) is 1.32. The molecule has 26 heavy (non-hydrogen) atoms. The third-order valence-electron chi connectivity index (χ3n) is 4.35. The fraction of sp³-hybridized carbons (Fsp3) is 0.100. The average Bonchev–Trinajstić information content (AvgIpc) is 3.31. The van der Waals surface area contributed by atoms with E-state index in [1.807, 2.05) is 30.3 Å². The molecule has 0 spiro atoms. The lowest BCUT2D eigenvalue weighted by atomic mass is 10.0. The van der Waals surface area contributed by atoms with Gasteiger partial charge in [0.05, 0.1) is 12.7 Å². The van der Waals surface area contributed by atoms with E-state index in [9.17, 15) is 9.59 Å². The molecule has 0 bridgehead atoms. The topological polar surface area (TPSA) is 84.2 Å². The highest BCUT2D eigenvalue weighted by Crippen LogP contribution is 2.24. The number of carbonyl (C=O) groups excluding carboxylic acids is 2. The SMILES string of the molecule is COC(=O)c1ccc2[nH]ccc2c1COC(=O)c1cc2ccccc2[nH]1. The van der Waals surface area contributed by atoms with E-state index in [4.69, 9.17) is 9.47 Å². The largest absolute Gasteiger partial charge is 0.465 e. The Morgan fingerprint density at radius 3 is 2.65 bits per heavy atom. The lowest BCUT2D eigenvalue weighted by Gasteiger charge is -2.10. The first-order valence-electron chi connectivity index (χ1n) is 8.09. The summed E-state index contributed by atoms with van der Waals surface area (Å²) in [6.45, 7) is -0.0339. The summed E-state index contributed by atoms with van der Waals surface area (Å²) < 4.78 is 10.3. The van der Waals surface area contributed by atoms with Gasteiger partial charge in [-0.15, -0.1) is 0 Å². The summed E-state index contributed by atoms with van der Waals surface area (Å²) in [6, 6.07) is 14.6. The van der Waals surface area contributed by atoms with Crippen LogP contribution in [-0.4, -0.2) is 29.0 Å². The molecular weight excluding hydrogens is 332 g/mol. The number of methoxy groups -OCH3 is 1. The molecule has 0 aliphatic carbocycles. The molecule has 6 nitrogen and oxygen atoms in total. The van der Waals surface area contributed by atoms with Crippen LogP contribution in [0.1, 0.15) is 26.4 Å². The number of esters is 2. The van der Waals surface area contributed by atoms with Crippen molar-refractivity contribution in [1.29, 1.82) is 0 Å². The van der Waals surface area contributed by atoms with Crippen LogP contribution in [0.3, 0.4) is 0 Å². The van der Waals surface area contributed by atoms with Gasteiger partial charge in [0.2, 0.25) is 0 Å². The van der Waals surface area contributed by atoms with Crippen LogP contribution in [0.2, 0.25) is 0 Å². The molecule has 4 aromatic rings. The van der Waals surface area contributed by atoms with Gasteiger partial charge in [-0.3, -0.25) is 0 Å².